The van der Waals surface area contributed by atoms with Crippen LogP contribution in [-0.4, -0.2) is 18.8 Å². The number of fused-ring (bicyclic) bond motifs is 1. The van der Waals surface area contributed by atoms with Gasteiger partial charge in [-0.3, -0.25) is 0 Å². The van der Waals surface area contributed by atoms with Gasteiger partial charge in [0.2, 0.25) is 10.0 Å². The van der Waals surface area contributed by atoms with Gasteiger partial charge in [0, 0.05) is 18.2 Å². The molecular formula is C10H9BrFNO2S. The monoisotopic (exact) mass is 305 g/mol. The van der Waals surface area contributed by atoms with Crippen molar-refractivity contribution in [3.63, 3.8) is 0 Å². The highest BCUT2D eigenvalue weighted by atomic mass is 79.9. The zero-order valence-electron chi connectivity index (χ0n) is 8.28. The van der Waals surface area contributed by atoms with E-state index in [0.29, 0.717) is 10.0 Å². The van der Waals surface area contributed by atoms with Crippen molar-refractivity contribution < 1.29 is 12.8 Å². The van der Waals surface area contributed by atoms with Crippen molar-refractivity contribution in [2.24, 2.45) is 0 Å². The summed E-state index contributed by atoms with van der Waals surface area (Å²) in [5, 5.41) is 0. The molecule has 3 rings (SSSR count). The highest BCUT2D eigenvalue weighted by molar-refractivity contribution is 9.10. The SMILES string of the molecule is O=S1(=O)c2ccc(Br)c(F)c2CN1C1CC1. The second-order valence-corrected chi connectivity index (χ2v) is 6.83. The molecule has 0 N–H and O–H groups in total. The van der Waals surface area contributed by atoms with E-state index < -0.39 is 15.8 Å². The van der Waals surface area contributed by atoms with Crippen LogP contribution in [0.1, 0.15) is 18.4 Å². The minimum atomic E-state index is -3.45. The number of halogens is 2. The molecule has 16 heavy (non-hydrogen) atoms. The first-order valence-electron chi connectivity index (χ1n) is 5.00. The maximum atomic E-state index is 13.8. The highest BCUT2D eigenvalue weighted by Crippen LogP contribution is 2.41. The van der Waals surface area contributed by atoms with Gasteiger partial charge in [-0.1, -0.05) is 0 Å². The molecule has 0 unspecified atom stereocenters. The lowest BCUT2D eigenvalue weighted by Crippen LogP contribution is -2.26. The molecule has 1 aliphatic carbocycles. The zero-order chi connectivity index (χ0) is 11.5. The van der Waals surface area contributed by atoms with E-state index in [4.69, 9.17) is 0 Å². The summed E-state index contributed by atoms with van der Waals surface area (Å²) in [6.07, 6.45) is 1.77. The molecule has 6 heteroatoms. The molecule has 1 saturated carbocycles. The zero-order valence-corrected chi connectivity index (χ0v) is 10.7. The Morgan fingerprint density at radius 1 is 1.38 bits per heavy atom. The molecule has 0 aromatic heterocycles. The lowest BCUT2D eigenvalue weighted by molar-refractivity contribution is 0.411. The van der Waals surface area contributed by atoms with Crippen LogP contribution in [0.2, 0.25) is 0 Å². The Hall–Kier alpha value is -0.460. The van der Waals surface area contributed by atoms with E-state index in [9.17, 15) is 12.8 Å². The Morgan fingerprint density at radius 3 is 2.69 bits per heavy atom. The average Bonchev–Trinajstić information content (AvgIpc) is 2.99. The Labute approximate surface area is 101 Å². The van der Waals surface area contributed by atoms with Gasteiger partial charge in [0.25, 0.3) is 0 Å². The van der Waals surface area contributed by atoms with Gasteiger partial charge in [-0.05, 0) is 40.9 Å². The predicted molar refractivity (Wildman–Crippen MR) is 59.9 cm³/mol. The molecule has 86 valence electrons. The molecule has 0 radical (unpaired) electrons. The number of sulfonamides is 1. The average molecular weight is 306 g/mol. The van der Waals surface area contributed by atoms with Crippen LogP contribution >= 0.6 is 15.9 Å². The quantitative estimate of drug-likeness (QED) is 0.798. The van der Waals surface area contributed by atoms with Gasteiger partial charge in [-0.15, -0.1) is 0 Å². The van der Waals surface area contributed by atoms with Gasteiger partial charge < -0.3 is 0 Å². The highest BCUT2D eigenvalue weighted by Gasteiger charge is 2.44. The Balaban J connectivity index is 2.19. The van der Waals surface area contributed by atoms with Gasteiger partial charge in [-0.25, -0.2) is 12.8 Å². The summed E-state index contributed by atoms with van der Waals surface area (Å²) in [4.78, 5) is 0.125. The molecule has 1 aromatic rings. The molecule has 0 spiro atoms. The van der Waals surface area contributed by atoms with Crippen molar-refractivity contribution in [2.75, 3.05) is 0 Å². The summed E-state index contributed by atoms with van der Waals surface area (Å²) in [6, 6.07) is 3.00. The lowest BCUT2D eigenvalue weighted by atomic mass is 10.2. The third-order valence-corrected chi connectivity index (χ3v) is 5.60. The second kappa shape index (κ2) is 3.27. The van der Waals surface area contributed by atoms with Crippen molar-refractivity contribution in [1.29, 1.82) is 0 Å². The van der Waals surface area contributed by atoms with Crippen LogP contribution in [0.25, 0.3) is 0 Å². The fourth-order valence-electron chi connectivity index (χ4n) is 2.02. The summed E-state index contributed by atoms with van der Waals surface area (Å²) in [6.45, 7) is 0.174. The molecule has 0 saturated heterocycles. The van der Waals surface area contributed by atoms with Crippen molar-refractivity contribution in [1.82, 2.24) is 4.31 Å². The van der Waals surface area contributed by atoms with E-state index in [-0.39, 0.29) is 17.5 Å². The van der Waals surface area contributed by atoms with Crippen molar-refractivity contribution >= 4 is 26.0 Å². The molecule has 2 aliphatic rings. The van der Waals surface area contributed by atoms with E-state index in [1.807, 2.05) is 0 Å². The molecule has 1 aliphatic heterocycles. The van der Waals surface area contributed by atoms with Gasteiger partial charge in [0.15, 0.2) is 0 Å². The van der Waals surface area contributed by atoms with Crippen molar-refractivity contribution in [3.8, 4) is 0 Å². The Morgan fingerprint density at radius 2 is 2.06 bits per heavy atom. The number of hydrogen-bond donors (Lipinski definition) is 0. The molecular weight excluding hydrogens is 297 g/mol. The van der Waals surface area contributed by atoms with Gasteiger partial charge in [0.05, 0.1) is 9.37 Å². The third-order valence-electron chi connectivity index (χ3n) is 3.01. The van der Waals surface area contributed by atoms with Gasteiger partial charge in [0.1, 0.15) is 5.82 Å². The summed E-state index contributed by atoms with van der Waals surface area (Å²) >= 11 is 3.07. The van der Waals surface area contributed by atoms with Crippen LogP contribution < -0.4 is 0 Å². The maximum absolute atomic E-state index is 13.8. The topological polar surface area (TPSA) is 37.4 Å². The van der Waals surface area contributed by atoms with E-state index in [0.717, 1.165) is 12.8 Å². The van der Waals surface area contributed by atoms with E-state index in [1.165, 1.54) is 16.4 Å². The smallest absolute Gasteiger partial charge is 0.207 e. The van der Waals surface area contributed by atoms with Crippen LogP contribution in [0.15, 0.2) is 21.5 Å². The van der Waals surface area contributed by atoms with Crippen LogP contribution in [-0.2, 0) is 16.6 Å². The van der Waals surface area contributed by atoms with E-state index in [2.05, 4.69) is 15.9 Å². The predicted octanol–water partition coefficient (Wildman–Crippen LogP) is 2.25. The molecule has 1 aromatic carbocycles. The van der Waals surface area contributed by atoms with Crippen LogP contribution in [0, 0.1) is 5.82 Å². The minimum Gasteiger partial charge on any atom is -0.207 e. The van der Waals surface area contributed by atoms with Crippen LogP contribution in [0.5, 0.6) is 0 Å². The lowest BCUT2D eigenvalue weighted by Gasteiger charge is -2.12. The largest absolute Gasteiger partial charge is 0.244 e. The summed E-state index contributed by atoms with van der Waals surface area (Å²) in [7, 11) is -3.45. The fraction of sp³-hybridized carbons (Fsp3) is 0.400. The third kappa shape index (κ3) is 1.36. The standard InChI is InChI=1S/C10H9BrFNO2S/c11-8-3-4-9-7(10(8)12)5-13(6-1-2-6)16(9,14)15/h3-4,6H,1-2,5H2. The Bertz CT molecular complexity index is 568. The van der Waals surface area contributed by atoms with Gasteiger partial charge >= 0.3 is 0 Å². The first-order chi connectivity index (χ1) is 7.51. The molecule has 1 fully saturated rings. The summed E-state index contributed by atoms with van der Waals surface area (Å²) in [5.41, 5.74) is 0.293. The van der Waals surface area contributed by atoms with Crippen molar-refractivity contribution in [2.45, 2.75) is 30.3 Å². The molecule has 0 amide bonds. The van der Waals surface area contributed by atoms with E-state index >= 15 is 0 Å². The summed E-state index contributed by atoms with van der Waals surface area (Å²) < 4.78 is 39.6. The molecule has 3 nitrogen and oxygen atoms in total. The number of rotatable bonds is 1. The Kier molecular flexibility index (Phi) is 2.18. The minimum absolute atomic E-state index is 0.0792. The first-order valence-corrected chi connectivity index (χ1v) is 7.24. The number of nitrogens with zero attached hydrogens (tertiary/aromatic N) is 1. The van der Waals surface area contributed by atoms with Crippen LogP contribution in [0.3, 0.4) is 0 Å². The first kappa shape index (κ1) is 10.7. The summed E-state index contributed by atoms with van der Waals surface area (Å²) in [5.74, 6) is -0.454. The molecule has 1 heterocycles. The number of hydrogen-bond acceptors (Lipinski definition) is 2. The molecule has 0 bridgehead atoms. The fourth-order valence-corrected chi connectivity index (χ4v) is 4.25. The normalized spacial score (nSPS) is 23.4. The van der Waals surface area contributed by atoms with Gasteiger partial charge in [-0.2, -0.15) is 4.31 Å². The molecule has 0 atom stereocenters. The van der Waals surface area contributed by atoms with E-state index in [1.54, 1.807) is 0 Å². The van der Waals surface area contributed by atoms with Crippen LogP contribution in [0.4, 0.5) is 4.39 Å². The number of benzene rings is 1. The van der Waals surface area contributed by atoms with Crippen molar-refractivity contribution in [3.05, 3.63) is 28.0 Å². The second-order valence-electron chi connectivity index (χ2n) is 4.12. The maximum Gasteiger partial charge on any atom is 0.244 e.